The van der Waals surface area contributed by atoms with Crippen LogP contribution in [0.1, 0.15) is 37.9 Å². The zero-order valence-electron chi connectivity index (χ0n) is 10.6. The highest BCUT2D eigenvalue weighted by Crippen LogP contribution is 2.37. The number of hydrogen-bond donors (Lipinski definition) is 2. The second-order valence-corrected chi connectivity index (χ2v) is 5.42. The van der Waals surface area contributed by atoms with Crippen LogP contribution in [-0.4, -0.2) is 11.2 Å². The van der Waals surface area contributed by atoms with E-state index in [1.54, 1.807) is 20.8 Å². The first-order chi connectivity index (χ1) is 8.05. The van der Waals surface area contributed by atoms with Crippen molar-refractivity contribution in [2.75, 3.05) is 0 Å². The van der Waals surface area contributed by atoms with Gasteiger partial charge in [-0.3, -0.25) is 0 Å². The van der Waals surface area contributed by atoms with Gasteiger partial charge in [-0.25, -0.2) is 0 Å². The highest BCUT2D eigenvalue weighted by molar-refractivity contribution is 5.33. The summed E-state index contributed by atoms with van der Waals surface area (Å²) in [6, 6.07) is 4.01. The molecule has 0 amide bonds. The van der Waals surface area contributed by atoms with E-state index in [-0.39, 0.29) is 5.56 Å². The molecular weight excluding hydrogens is 243 g/mol. The Balaban J connectivity index is 3.18. The molecule has 0 spiro atoms. The average molecular weight is 261 g/mol. The molecule has 1 aromatic rings. The number of aliphatic hydroxyl groups excluding tert-OH is 1. The van der Waals surface area contributed by atoms with Gasteiger partial charge in [0.15, 0.2) is 0 Å². The smallest absolute Gasteiger partial charge is 0.391 e. The van der Waals surface area contributed by atoms with Crippen molar-refractivity contribution in [1.29, 1.82) is 0 Å². The van der Waals surface area contributed by atoms with Crippen molar-refractivity contribution in [3.05, 3.63) is 35.4 Å². The van der Waals surface area contributed by atoms with Gasteiger partial charge < -0.3 is 10.8 Å². The van der Waals surface area contributed by atoms with Crippen molar-refractivity contribution in [2.24, 2.45) is 11.1 Å². The summed E-state index contributed by atoms with van der Waals surface area (Å²) in [5.41, 5.74) is 4.32. The SMILES string of the molecule is CC(C)(C)[C@@H](O)[C@@H](N)c1ccccc1C(F)(F)F. The molecule has 3 N–H and O–H groups in total. The molecule has 0 heterocycles. The zero-order valence-corrected chi connectivity index (χ0v) is 10.6. The highest BCUT2D eigenvalue weighted by Gasteiger charge is 2.37. The molecule has 0 aliphatic heterocycles. The lowest BCUT2D eigenvalue weighted by molar-refractivity contribution is -0.138. The van der Waals surface area contributed by atoms with E-state index in [2.05, 4.69) is 0 Å². The number of hydrogen-bond acceptors (Lipinski definition) is 2. The topological polar surface area (TPSA) is 46.2 Å². The maximum absolute atomic E-state index is 12.8. The molecule has 0 radical (unpaired) electrons. The molecule has 0 bridgehead atoms. The number of nitrogens with two attached hydrogens (primary N) is 1. The van der Waals surface area contributed by atoms with Crippen LogP contribution in [0.25, 0.3) is 0 Å². The van der Waals surface area contributed by atoms with Crippen LogP contribution < -0.4 is 5.73 Å². The van der Waals surface area contributed by atoms with E-state index in [4.69, 9.17) is 5.73 Å². The molecule has 18 heavy (non-hydrogen) atoms. The van der Waals surface area contributed by atoms with Gasteiger partial charge in [0.05, 0.1) is 17.7 Å². The summed E-state index contributed by atoms with van der Waals surface area (Å²) in [4.78, 5) is 0. The number of rotatable bonds is 2. The molecule has 2 atom stereocenters. The van der Waals surface area contributed by atoms with Gasteiger partial charge in [0.2, 0.25) is 0 Å². The highest BCUT2D eigenvalue weighted by atomic mass is 19.4. The standard InChI is InChI=1S/C13H18F3NO/c1-12(2,3)11(18)10(17)8-6-4-5-7-9(8)13(14,15)16/h4-7,10-11,18H,17H2,1-3H3/t10-,11-/m0/s1. The molecule has 2 nitrogen and oxygen atoms in total. The maximum Gasteiger partial charge on any atom is 0.416 e. The lowest BCUT2D eigenvalue weighted by Gasteiger charge is -2.32. The Labute approximate surface area is 105 Å². The van der Waals surface area contributed by atoms with Gasteiger partial charge in [0.25, 0.3) is 0 Å². The fourth-order valence-electron chi connectivity index (χ4n) is 1.75. The number of alkyl halides is 3. The molecule has 102 valence electrons. The first-order valence-corrected chi connectivity index (χ1v) is 5.65. The normalized spacial score (nSPS) is 16.4. The van der Waals surface area contributed by atoms with Crippen LogP contribution in [0.4, 0.5) is 13.2 Å². The lowest BCUT2D eigenvalue weighted by Crippen LogP contribution is -2.38. The summed E-state index contributed by atoms with van der Waals surface area (Å²) in [6.45, 7) is 5.19. The molecule has 0 saturated heterocycles. The van der Waals surface area contributed by atoms with Gasteiger partial charge >= 0.3 is 6.18 Å². The van der Waals surface area contributed by atoms with Crippen LogP contribution in [0.15, 0.2) is 24.3 Å². The number of benzene rings is 1. The van der Waals surface area contributed by atoms with Crippen molar-refractivity contribution < 1.29 is 18.3 Å². The molecule has 0 fully saturated rings. The minimum atomic E-state index is -4.47. The van der Waals surface area contributed by atoms with Gasteiger partial charge in [-0.15, -0.1) is 0 Å². The van der Waals surface area contributed by atoms with E-state index < -0.39 is 29.3 Å². The van der Waals surface area contributed by atoms with Crippen molar-refractivity contribution in [2.45, 2.75) is 39.1 Å². The van der Waals surface area contributed by atoms with Gasteiger partial charge in [-0.05, 0) is 17.0 Å². The minimum absolute atomic E-state index is 0.0765. The Kier molecular flexibility index (Phi) is 4.08. The summed E-state index contributed by atoms with van der Waals surface area (Å²) < 4.78 is 38.5. The predicted molar refractivity (Wildman–Crippen MR) is 63.8 cm³/mol. The molecular formula is C13H18F3NO. The maximum atomic E-state index is 12.8. The Morgan fingerprint density at radius 1 is 1.11 bits per heavy atom. The van der Waals surface area contributed by atoms with Gasteiger partial charge in [0, 0.05) is 0 Å². The van der Waals surface area contributed by atoms with E-state index in [0.29, 0.717) is 0 Å². The van der Waals surface area contributed by atoms with Crippen molar-refractivity contribution in [3.63, 3.8) is 0 Å². The van der Waals surface area contributed by atoms with Gasteiger partial charge in [0.1, 0.15) is 0 Å². The fourth-order valence-corrected chi connectivity index (χ4v) is 1.75. The first kappa shape index (κ1) is 15.0. The van der Waals surface area contributed by atoms with Crippen LogP contribution in [-0.2, 0) is 6.18 Å². The minimum Gasteiger partial charge on any atom is -0.391 e. The van der Waals surface area contributed by atoms with Crippen LogP contribution >= 0.6 is 0 Å². The van der Waals surface area contributed by atoms with E-state index in [0.717, 1.165) is 6.07 Å². The molecule has 0 saturated carbocycles. The van der Waals surface area contributed by atoms with Gasteiger partial charge in [-0.2, -0.15) is 13.2 Å². The summed E-state index contributed by atoms with van der Waals surface area (Å²) in [5, 5.41) is 10.0. The van der Waals surface area contributed by atoms with E-state index >= 15 is 0 Å². The Morgan fingerprint density at radius 3 is 2.06 bits per heavy atom. The Hall–Kier alpha value is -1.07. The summed E-state index contributed by atoms with van der Waals surface area (Å²) in [5.74, 6) is 0. The average Bonchev–Trinajstić information content (AvgIpc) is 2.24. The second-order valence-electron chi connectivity index (χ2n) is 5.42. The van der Waals surface area contributed by atoms with Crippen LogP contribution in [0.3, 0.4) is 0 Å². The van der Waals surface area contributed by atoms with E-state index in [9.17, 15) is 18.3 Å². The summed E-state index contributed by atoms with van der Waals surface area (Å²) >= 11 is 0. The van der Waals surface area contributed by atoms with Crippen LogP contribution in [0.2, 0.25) is 0 Å². The molecule has 0 unspecified atom stereocenters. The molecule has 0 aromatic heterocycles. The zero-order chi connectivity index (χ0) is 14.1. The third-order valence-electron chi connectivity index (χ3n) is 2.85. The number of halogens is 3. The fraction of sp³-hybridized carbons (Fsp3) is 0.538. The molecule has 0 aliphatic carbocycles. The largest absolute Gasteiger partial charge is 0.416 e. The van der Waals surface area contributed by atoms with Crippen molar-refractivity contribution >= 4 is 0 Å². The van der Waals surface area contributed by atoms with Crippen molar-refractivity contribution in [1.82, 2.24) is 0 Å². The van der Waals surface area contributed by atoms with Crippen LogP contribution in [0, 0.1) is 5.41 Å². The van der Waals surface area contributed by atoms with Crippen LogP contribution in [0.5, 0.6) is 0 Å². The lowest BCUT2D eigenvalue weighted by atomic mass is 9.81. The third kappa shape index (κ3) is 3.23. The molecule has 5 heteroatoms. The van der Waals surface area contributed by atoms with E-state index in [1.807, 2.05) is 0 Å². The monoisotopic (exact) mass is 261 g/mol. The number of aliphatic hydroxyl groups is 1. The molecule has 1 rings (SSSR count). The van der Waals surface area contributed by atoms with Gasteiger partial charge in [-0.1, -0.05) is 39.0 Å². The third-order valence-corrected chi connectivity index (χ3v) is 2.85. The Morgan fingerprint density at radius 2 is 1.61 bits per heavy atom. The summed E-state index contributed by atoms with van der Waals surface area (Å²) in [7, 11) is 0. The summed E-state index contributed by atoms with van der Waals surface area (Å²) in [6.07, 6.45) is -5.52. The molecule has 1 aromatic carbocycles. The van der Waals surface area contributed by atoms with E-state index in [1.165, 1.54) is 18.2 Å². The predicted octanol–water partition coefficient (Wildman–Crippen LogP) is 3.11. The first-order valence-electron chi connectivity index (χ1n) is 5.65. The van der Waals surface area contributed by atoms with Crippen molar-refractivity contribution in [3.8, 4) is 0 Å². The molecule has 0 aliphatic rings. The quantitative estimate of drug-likeness (QED) is 0.859. The Bertz CT molecular complexity index is 409. The second kappa shape index (κ2) is 4.90.